The molecule has 0 spiro atoms. The standard InChI is InChI=1S/C20H27N3O4S2/c1-6-23(7-2)29(24,25)16-10-8-14(3)17(13-16)22-20(28)21-15-9-11-18(26-4)19(12-15)27-5/h8-13H,6-7H2,1-5H3,(H2,21,22,28). The molecule has 0 bridgehead atoms. The van der Waals surface area contributed by atoms with E-state index in [1.165, 1.54) is 4.31 Å². The number of rotatable bonds is 8. The average Bonchev–Trinajstić information content (AvgIpc) is 2.70. The van der Waals surface area contributed by atoms with E-state index in [9.17, 15) is 8.42 Å². The first-order valence-corrected chi connectivity index (χ1v) is 11.0. The van der Waals surface area contributed by atoms with Crippen LogP contribution in [0.2, 0.25) is 0 Å². The molecule has 0 saturated carbocycles. The third-order valence-electron chi connectivity index (χ3n) is 4.44. The van der Waals surface area contributed by atoms with E-state index >= 15 is 0 Å². The van der Waals surface area contributed by atoms with E-state index in [0.29, 0.717) is 41.1 Å². The van der Waals surface area contributed by atoms with Crippen LogP contribution in [0.5, 0.6) is 11.5 Å². The molecule has 0 atom stereocenters. The van der Waals surface area contributed by atoms with Gasteiger partial charge in [0.15, 0.2) is 16.6 Å². The normalized spacial score (nSPS) is 11.2. The zero-order valence-corrected chi connectivity index (χ0v) is 18.9. The van der Waals surface area contributed by atoms with Gasteiger partial charge in [-0.05, 0) is 49.0 Å². The SMILES string of the molecule is CCN(CC)S(=O)(=O)c1ccc(C)c(NC(=S)Nc2ccc(OC)c(OC)c2)c1. The van der Waals surface area contributed by atoms with Crippen molar-refractivity contribution in [3.63, 3.8) is 0 Å². The molecule has 0 fully saturated rings. The van der Waals surface area contributed by atoms with Gasteiger partial charge in [0.25, 0.3) is 0 Å². The average molecular weight is 438 g/mol. The second kappa shape index (κ2) is 9.91. The van der Waals surface area contributed by atoms with Crippen LogP contribution in [0.3, 0.4) is 0 Å². The van der Waals surface area contributed by atoms with Crippen molar-refractivity contribution in [1.82, 2.24) is 4.31 Å². The highest BCUT2D eigenvalue weighted by Crippen LogP contribution is 2.30. The van der Waals surface area contributed by atoms with Gasteiger partial charge in [-0.2, -0.15) is 4.31 Å². The van der Waals surface area contributed by atoms with Crippen LogP contribution >= 0.6 is 12.2 Å². The van der Waals surface area contributed by atoms with Crippen LogP contribution in [-0.2, 0) is 10.0 Å². The molecule has 29 heavy (non-hydrogen) atoms. The minimum atomic E-state index is -3.55. The molecule has 9 heteroatoms. The fourth-order valence-electron chi connectivity index (χ4n) is 2.81. The van der Waals surface area contributed by atoms with Crippen molar-refractivity contribution in [3.8, 4) is 11.5 Å². The number of nitrogens with zero attached hydrogens (tertiary/aromatic N) is 1. The van der Waals surface area contributed by atoms with Crippen molar-refractivity contribution in [1.29, 1.82) is 0 Å². The van der Waals surface area contributed by atoms with Crippen molar-refractivity contribution >= 4 is 38.7 Å². The number of anilines is 2. The first kappa shape index (κ1) is 22.9. The molecule has 0 unspecified atom stereocenters. The molecule has 7 nitrogen and oxygen atoms in total. The lowest BCUT2D eigenvalue weighted by Gasteiger charge is -2.20. The summed E-state index contributed by atoms with van der Waals surface area (Å²) >= 11 is 5.40. The molecule has 0 saturated heterocycles. The Morgan fingerprint density at radius 3 is 2.24 bits per heavy atom. The van der Waals surface area contributed by atoms with Crippen molar-refractivity contribution in [2.24, 2.45) is 0 Å². The van der Waals surface area contributed by atoms with Gasteiger partial charge in [-0.15, -0.1) is 0 Å². The number of ether oxygens (including phenoxy) is 2. The first-order chi connectivity index (χ1) is 13.8. The fraction of sp³-hybridized carbons (Fsp3) is 0.350. The molecule has 2 N–H and O–H groups in total. The number of hydrogen-bond donors (Lipinski definition) is 2. The summed E-state index contributed by atoms with van der Waals surface area (Å²) < 4.78 is 37.5. The lowest BCUT2D eigenvalue weighted by atomic mass is 10.2. The Morgan fingerprint density at radius 1 is 1.00 bits per heavy atom. The number of thiocarbonyl (C=S) groups is 1. The predicted octanol–water partition coefficient (Wildman–Crippen LogP) is 3.85. The summed E-state index contributed by atoms with van der Waals surface area (Å²) in [5.41, 5.74) is 2.21. The Bertz CT molecular complexity index is 974. The molecule has 0 amide bonds. The van der Waals surface area contributed by atoms with Gasteiger partial charge in [0, 0.05) is 30.5 Å². The lowest BCUT2D eigenvalue weighted by Crippen LogP contribution is -2.30. The molecular weight excluding hydrogens is 410 g/mol. The third-order valence-corrected chi connectivity index (χ3v) is 6.69. The number of nitrogens with one attached hydrogen (secondary N) is 2. The summed E-state index contributed by atoms with van der Waals surface area (Å²) in [6.45, 7) is 6.34. The monoisotopic (exact) mass is 437 g/mol. The molecule has 0 radical (unpaired) electrons. The van der Waals surface area contributed by atoms with Crippen LogP contribution in [0.25, 0.3) is 0 Å². The molecule has 0 aromatic heterocycles. The predicted molar refractivity (Wildman–Crippen MR) is 121 cm³/mol. The maximum atomic E-state index is 12.8. The highest BCUT2D eigenvalue weighted by molar-refractivity contribution is 7.89. The van der Waals surface area contributed by atoms with Crippen LogP contribution in [0.1, 0.15) is 19.4 Å². The van der Waals surface area contributed by atoms with Crippen molar-refractivity contribution < 1.29 is 17.9 Å². The second-order valence-corrected chi connectivity index (χ2v) is 8.56. The van der Waals surface area contributed by atoms with Crippen LogP contribution < -0.4 is 20.1 Å². The Kier molecular flexibility index (Phi) is 7.83. The summed E-state index contributed by atoms with van der Waals surface area (Å²) in [6, 6.07) is 10.3. The molecule has 2 aromatic carbocycles. The molecular formula is C20H27N3O4S2. The Morgan fingerprint density at radius 2 is 1.66 bits per heavy atom. The fourth-order valence-corrected chi connectivity index (χ4v) is 4.52. The number of methoxy groups -OCH3 is 2. The number of hydrogen-bond acceptors (Lipinski definition) is 5. The summed E-state index contributed by atoms with van der Waals surface area (Å²) in [6.07, 6.45) is 0. The molecule has 2 aromatic rings. The Balaban J connectivity index is 2.23. The van der Waals surface area contributed by atoms with E-state index in [4.69, 9.17) is 21.7 Å². The minimum Gasteiger partial charge on any atom is -0.493 e. The van der Waals surface area contributed by atoms with Crippen LogP contribution in [0.4, 0.5) is 11.4 Å². The van der Waals surface area contributed by atoms with Crippen molar-refractivity contribution in [2.45, 2.75) is 25.7 Å². The lowest BCUT2D eigenvalue weighted by molar-refractivity contribution is 0.355. The first-order valence-electron chi connectivity index (χ1n) is 9.17. The van der Waals surface area contributed by atoms with E-state index in [-0.39, 0.29) is 4.90 Å². The van der Waals surface area contributed by atoms with Crippen molar-refractivity contribution in [3.05, 3.63) is 42.0 Å². The maximum absolute atomic E-state index is 12.8. The highest BCUT2D eigenvalue weighted by Gasteiger charge is 2.22. The largest absolute Gasteiger partial charge is 0.493 e. The zero-order valence-electron chi connectivity index (χ0n) is 17.3. The molecule has 0 aliphatic carbocycles. The smallest absolute Gasteiger partial charge is 0.243 e. The van der Waals surface area contributed by atoms with E-state index in [0.717, 1.165) is 5.56 Å². The van der Waals surface area contributed by atoms with Gasteiger partial charge in [-0.3, -0.25) is 0 Å². The summed E-state index contributed by atoms with van der Waals surface area (Å²) in [7, 11) is -0.425. The Labute approximate surface area is 178 Å². The number of sulfonamides is 1. The van der Waals surface area contributed by atoms with Gasteiger partial charge < -0.3 is 20.1 Å². The molecule has 0 aliphatic rings. The molecule has 0 aliphatic heterocycles. The quantitative estimate of drug-likeness (QED) is 0.607. The van der Waals surface area contributed by atoms with Gasteiger partial charge in [-0.25, -0.2) is 8.42 Å². The summed E-state index contributed by atoms with van der Waals surface area (Å²) in [5, 5.41) is 6.48. The van der Waals surface area contributed by atoms with E-state index in [1.807, 2.05) is 26.8 Å². The highest BCUT2D eigenvalue weighted by atomic mass is 32.2. The van der Waals surface area contributed by atoms with Crippen LogP contribution in [0, 0.1) is 6.92 Å². The van der Waals surface area contributed by atoms with E-state index < -0.39 is 10.0 Å². The van der Waals surface area contributed by atoms with Gasteiger partial charge >= 0.3 is 0 Å². The molecule has 0 heterocycles. The van der Waals surface area contributed by atoms with Gasteiger partial charge in [-0.1, -0.05) is 19.9 Å². The van der Waals surface area contributed by atoms with Crippen molar-refractivity contribution in [2.75, 3.05) is 37.9 Å². The molecule has 2 rings (SSSR count). The third kappa shape index (κ3) is 5.37. The van der Waals surface area contributed by atoms with Crippen LogP contribution in [-0.4, -0.2) is 45.1 Å². The van der Waals surface area contributed by atoms with Gasteiger partial charge in [0.1, 0.15) is 0 Å². The Hall–Kier alpha value is -2.36. The molecule has 158 valence electrons. The second-order valence-electron chi connectivity index (χ2n) is 6.21. The maximum Gasteiger partial charge on any atom is 0.243 e. The zero-order chi connectivity index (χ0) is 21.6. The number of aryl methyl sites for hydroxylation is 1. The minimum absolute atomic E-state index is 0.225. The number of benzene rings is 2. The summed E-state index contributed by atoms with van der Waals surface area (Å²) in [5.74, 6) is 1.19. The van der Waals surface area contributed by atoms with Gasteiger partial charge in [0.2, 0.25) is 10.0 Å². The topological polar surface area (TPSA) is 79.9 Å². The van der Waals surface area contributed by atoms with Crippen LogP contribution in [0.15, 0.2) is 41.3 Å². The van der Waals surface area contributed by atoms with E-state index in [1.54, 1.807) is 44.6 Å². The van der Waals surface area contributed by atoms with Gasteiger partial charge in [0.05, 0.1) is 19.1 Å². The van der Waals surface area contributed by atoms with E-state index in [2.05, 4.69) is 10.6 Å². The summed E-state index contributed by atoms with van der Waals surface area (Å²) in [4.78, 5) is 0.225.